The average Bonchev–Trinajstić information content (AvgIpc) is 3.19. The van der Waals surface area contributed by atoms with Crippen molar-refractivity contribution < 1.29 is 9.53 Å². The molecule has 0 radical (unpaired) electrons. The molecule has 1 aromatic carbocycles. The summed E-state index contributed by atoms with van der Waals surface area (Å²) >= 11 is 0. The Morgan fingerprint density at radius 1 is 1.40 bits per heavy atom. The Kier molecular flexibility index (Phi) is 3.53. The van der Waals surface area contributed by atoms with Crippen LogP contribution in [0.15, 0.2) is 18.2 Å². The van der Waals surface area contributed by atoms with Gasteiger partial charge in [-0.1, -0.05) is 0 Å². The van der Waals surface area contributed by atoms with Gasteiger partial charge in [0.25, 0.3) is 5.91 Å². The van der Waals surface area contributed by atoms with Gasteiger partial charge in [-0.15, -0.1) is 0 Å². The molecule has 108 valence electrons. The van der Waals surface area contributed by atoms with E-state index in [2.05, 4.69) is 10.2 Å². The van der Waals surface area contributed by atoms with Gasteiger partial charge in [0, 0.05) is 36.9 Å². The summed E-state index contributed by atoms with van der Waals surface area (Å²) in [5, 5.41) is 3.08. The quantitative estimate of drug-likeness (QED) is 0.811. The van der Waals surface area contributed by atoms with E-state index in [9.17, 15) is 4.79 Å². The lowest BCUT2D eigenvalue weighted by atomic mass is 10.1. The molecule has 1 aliphatic heterocycles. The van der Waals surface area contributed by atoms with Crippen LogP contribution in [0.4, 0.5) is 5.69 Å². The highest BCUT2D eigenvalue weighted by atomic mass is 16.5. The summed E-state index contributed by atoms with van der Waals surface area (Å²) in [5.41, 5.74) is 6.89. The molecule has 1 unspecified atom stereocenters. The molecule has 1 aromatic rings. The highest BCUT2D eigenvalue weighted by Crippen LogP contribution is 2.30. The van der Waals surface area contributed by atoms with Gasteiger partial charge in [0.15, 0.2) is 0 Å². The predicted molar refractivity (Wildman–Crippen MR) is 77.9 cm³/mol. The van der Waals surface area contributed by atoms with E-state index in [1.165, 1.54) is 12.8 Å². The number of nitrogens with two attached hydrogens (primary N) is 1. The maximum Gasteiger partial charge on any atom is 0.253 e. The summed E-state index contributed by atoms with van der Waals surface area (Å²) < 4.78 is 5.09. The normalized spacial score (nSPS) is 22.8. The third-order valence-corrected chi connectivity index (χ3v) is 4.12. The fourth-order valence-corrected chi connectivity index (χ4v) is 2.81. The monoisotopic (exact) mass is 275 g/mol. The number of hydrogen-bond acceptors (Lipinski definition) is 4. The first-order valence-corrected chi connectivity index (χ1v) is 7.16. The van der Waals surface area contributed by atoms with Gasteiger partial charge in [-0.3, -0.25) is 9.69 Å². The molecule has 0 aromatic heterocycles. The molecule has 1 aliphatic carbocycles. The Balaban J connectivity index is 1.61. The van der Waals surface area contributed by atoms with Gasteiger partial charge in [0.1, 0.15) is 5.75 Å². The van der Waals surface area contributed by atoms with E-state index < -0.39 is 0 Å². The molecule has 0 spiro atoms. The molecule has 20 heavy (non-hydrogen) atoms. The summed E-state index contributed by atoms with van der Waals surface area (Å²) in [4.78, 5) is 14.7. The minimum atomic E-state index is -0.0900. The lowest BCUT2D eigenvalue weighted by molar-refractivity contribution is 0.0938. The Bertz CT molecular complexity index is 514. The summed E-state index contributed by atoms with van der Waals surface area (Å²) in [6.45, 7) is 2.06. The third-order valence-electron chi connectivity index (χ3n) is 4.12. The predicted octanol–water partition coefficient (Wildman–Crippen LogP) is 1.24. The first-order valence-electron chi connectivity index (χ1n) is 7.16. The van der Waals surface area contributed by atoms with Crippen LogP contribution in [-0.2, 0) is 0 Å². The van der Waals surface area contributed by atoms with E-state index in [0.717, 1.165) is 25.6 Å². The summed E-state index contributed by atoms with van der Waals surface area (Å²) in [6.07, 6.45) is 3.65. The van der Waals surface area contributed by atoms with Crippen LogP contribution >= 0.6 is 0 Å². The van der Waals surface area contributed by atoms with Crippen LogP contribution in [0.2, 0.25) is 0 Å². The lowest BCUT2D eigenvalue weighted by Crippen LogP contribution is -2.37. The third kappa shape index (κ3) is 2.72. The van der Waals surface area contributed by atoms with Crippen LogP contribution in [0, 0.1) is 0 Å². The van der Waals surface area contributed by atoms with Crippen molar-refractivity contribution in [2.75, 3.05) is 25.9 Å². The van der Waals surface area contributed by atoms with E-state index in [-0.39, 0.29) is 11.9 Å². The van der Waals surface area contributed by atoms with Crippen molar-refractivity contribution in [3.05, 3.63) is 23.8 Å². The summed E-state index contributed by atoms with van der Waals surface area (Å²) in [5.74, 6) is 0.577. The number of hydrogen-bond donors (Lipinski definition) is 2. The molecule has 3 N–H and O–H groups in total. The molecule has 1 saturated heterocycles. The molecule has 2 fully saturated rings. The highest BCUT2D eigenvalue weighted by molar-refractivity contribution is 5.99. The number of amides is 1. The molecule has 2 aliphatic rings. The number of benzene rings is 1. The first-order chi connectivity index (χ1) is 9.67. The van der Waals surface area contributed by atoms with Crippen molar-refractivity contribution in [1.82, 2.24) is 10.2 Å². The largest absolute Gasteiger partial charge is 0.497 e. The zero-order valence-corrected chi connectivity index (χ0v) is 11.8. The number of carbonyl (C=O) groups excluding carboxylic acids is 1. The summed E-state index contributed by atoms with van der Waals surface area (Å²) in [6, 6.07) is 6.17. The number of nitrogens with one attached hydrogen (secondary N) is 1. The first kappa shape index (κ1) is 13.2. The number of rotatable bonds is 4. The number of methoxy groups -OCH3 is 1. The van der Waals surface area contributed by atoms with Gasteiger partial charge in [-0.05, 0) is 31.4 Å². The van der Waals surface area contributed by atoms with Crippen LogP contribution < -0.4 is 15.8 Å². The minimum Gasteiger partial charge on any atom is -0.497 e. The number of nitrogen functional groups attached to an aromatic ring is 1. The Morgan fingerprint density at radius 3 is 2.85 bits per heavy atom. The van der Waals surface area contributed by atoms with E-state index in [0.29, 0.717) is 17.0 Å². The Labute approximate surface area is 119 Å². The van der Waals surface area contributed by atoms with Crippen LogP contribution in [-0.4, -0.2) is 43.1 Å². The van der Waals surface area contributed by atoms with Crippen LogP contribution in [0.5, 0.6) is 5.75 Å². The van der Waals surface area contributed by atoms with E-state index in [4.69, 9.17) is 10.5 Å². The van der Waals surface area contributed by atoms with Gasteiger partial charge in [-0.25, -0.2) is 0 Å². The van der Waals surface area contributed by atoms with Gasteiger partial charge >= 0.3 is 0 Å². The molecule has 1 heterocycles. The van der Waals surface area contributed by atoms with Crippen molar-refractivity contribution in [2.45, 2.75) is 31.3 Å². The molecule has 1 amide bonds. The lowest BCUT2D eigenvalue weighted by Gasteiger charge is -2.16. The molecule has 5 nitrogen and oxygen atoms in total. The Morgan fingerprint density at radius 2 is 2.20 bits per heavy atom. The molecule has 3 rings (SSSR count). The average molecular weight is 275 g/mol. The second-order valence-electron chi connectivity index (χ2n) is 5.64. The van der Waals surface area contributed by atoms with Gasteiger partial charge in [0.05, 0.1) is 12.7 Å². The van der Waals surface area contributed by atoms with E-state index >= 15 is 0 Å². The zero-order chi connectivity index (χ0) is 14.1. The fourth-order valence-electron chi connectivity index (χ4n) is 2.81. The zero-order valence-electron chi connectivity index (χ0n) is 11.8. The van der Waals surface area contributed by atoms with Crippen LogP contribution in [0.1, 0.15) is 29.6 Å². The molecule has 1 atom stereocenters. The SMILES string of the molecule is COc1ccc(C(=O)NC2CCN(C3CC3)C2)c(N)c1. The minimum absolute atomic E-state index is 0.0900. The van der Waals surface area contributed by atoms with Crippen molar-refractivity contribution in [2.24, 2.45) is 0 Å². The van der Waals surface area contributed by atoms with Gasteiger partial charge < -0.3 is 15.8 Å². The van der Waals surface area contributed by atoms with Gasteiger partial charge in [0.2, 0.25) is 0 Å². The maximum atomic E-state index is 12.3. The number of anilines is 1. The van der Waals surface area contributed by atoms with E-state index in [1.807, 2.05) is 0 Å². The smallest absolute Gasteiger partial charge is 0.253 e. The molecular weight excluding hydrogens is 254 g/mol. The molecule has 5 heteroatoms. The number of ether oxygens (including phenoxy) is 1. The van der Waals surface area contributed by atoms with Crippen molar-refractivity contribution in [3.63, 3.8) is 0 Å². The van der Waals surface area contributed by atoms with Crippen molar-refractivity contribution >= 4 is 11.6 Å². The second-order valence-corrected chi connectivity index (χ2v) is 5.64. The molecule has 1 saturated carbocycles. The standard InChI is InChI=1S/C15H21N3O2/c1-20-12-4-5-13(14(16)8-12)15(19)17-10-6-7-18(9-10)11-2-3-11/h4-5,8,10-11H,2-3,6-7,9,16H2,1H3,(H,17,19). The fraction of sp³-hybridized carbons (Fsp3) is 0.533. The van der Waals surface area contributed by atoms with Crippen molar-refractivity contribution in [1.29, 1.82) is 0 Å². The second kappa shape index (κ2) is 5.32. The van der Waals surface area contributed by atoms with Crippen LogP contribution in [0.3, 0.4) is 0 Å². The maximum absolute atomic E-state index is 12.3. The van der Waals surface area contributed by atoms with Crippen molar-refractivity contribution in [3.8, 4) is 5.75 Å². The summed E-state index contributed by atoms with van der Waals surface area (Å²) in [7, 11) is 1.58. The van der Waals surface area contributed by atoms with E-state index in [1.54, 1.807) is 25.3 Å². The van der Waals surface area contributed by atoms with Crippen LogP contribution in [0.25, 0.3) is 0 Å². The molecular formula is C15H21N3O2. The molecule has 0 bridgehead atoms. The number of nitrogens with zero attached hydrogens (tertiary/aromatic N) is 1. The topological polar surface area (TPSA) is 67.6 Å². The Hall–Kier alpha value is -1.75. The number of likely N-dealkylation sites (tertiary alicyclic amines) is 1. The van der Waals surface area contributed by atoms with Gasteiger partial charge in [-0.2, -0.15) is 0 Å². The highest BCUT2D eigenvalue weighted by Gasteiger charge is 2.34. The number of carbonyl (C=O) groups is 1.